The number of nitrogen functional groups attached to an aromatic ring is 1. The van der Waals surface area contributed by atoms with Crippen LogP contribution in [0, 0.1) is 0 Å². The van der Waals surface area contributed by atoms with Gasteiger partial charge in [0.25, 0.3) is 0 Å². The van der Waals surface area contributed by atoms with E-state index in [2.05, 4.69) is 9.80 Å². The third-order valence-corrected chi connectivity index (χ3v) is 3.38. The lowest BCUT2D eigenvalue weighted by Gasteiger charge is -2.36. The fraction of sp³-hybridized carbons (Fsp3) is 0.571. The maximum absolute atomic E-state index is 8.94. The van der Waals surface area contributed by atoms with Crippen LogP contribution in [0.3, 0.4) is 0 Å². The van der Waals surface area contributed by atoms with Crippen LogP contribution in [-0.2, 0) is 0 Å². The van der Waals surface area contributed by atoms with Crippen molar-refractivity contribution in [3.05, 3.63) is 18.2 Å². The Labute approximate surface area is 114 Å². The SMILES string of the molecule is CCOc1cc(N)cc(N2CCN(CCO)CC2)c1. The molecule has 0 amide bonds. The Morgan fingerprint density at radius 1 is 1.21 bits per heavy atom. The van der Waals surface area contributed by atoms with Crippen LogP contribution in [0.1, 0.15) is 6.92 Å². The highest BCUT2D eigenvalue weighted by Gasteiger charge is 2.17. The first-order chi connectivity index (χ1) is 9.22. The molecule has 0 radical (unpaired) electrons. The summed E-state index contributed by atoms with van der Waals surface area (Å²) >= 11 is 0. The molecule has 19 heavy (non-hydrogen) atoms. The number of nitrogens with two attached hydrogens (primary N) is 1. The van der Waals surface area contributed by atoms with Gasteiger partial charge in [-0.15, -0.1) is 0 Å². The van der Waals surface area contributed by atoms with Crippen LogP contribution in [0.5, 0.6) is 5.75 Å². The van der Waals surface area contributed by atoms with Gasteiger partial charge in [0.2, 0.25) is 0 Å². The molecule has 3 N–H and O–H groups in total. The van der Waals surface area contributed by atoms with Crippen molar-refractivity contribution in [3.63, 3.8) is 0 Å². The molecule has 0 saturated carbocycles. The molecule has 1 aromatic rings. The Balaban J connectivity index is 2.02. The number of aliphatic hydroxyl groups is 1. The first kappa shape index (κ1) is 14.0. The van der Waals surface area contributed by atoms with E-state index in [0.29, 0.717) is 6.61 Å². The van der Waals surface area contributed by atoms with Crippen molar-refractivity contribution in [1.29, 1.82) is 0 Å². The molecule has 0 atom stereocenters. The molecule has 1 saturated heterocycles. The zero-order valence-corrected chi connectivity index (χ0v) is 11.5. The van der Waals surface area contributed by atoms with Gasteiger partial charge < -0.3 is 20.5 Å². The molecule has 2 rings (SSSR count). The van der Waals surface area contributed by atoms with E-state index >= 15 is 0 Å². The molecule has 5 heteroatoms. The van der Waals surface area contributed by atoms with E-state index < -0.39 is 0 Å². The summed E-state index contributed by atoms with van der Waals surface area (Å²) in [6.45, 7) is 7.45. The third-order valence-electron chi connectivity index (χ3n) is 3.38. The van der Waals surface area contributed by atoms with Gasteiger partial charge in [-0.2, -0.15) is 0 Å². The number of hydrogen-bond donors (Lipinski definition) is 2. The second-order valence-corrected chi connectivity index (χ2v) is 4.75. The van der Waals surface area contributed by atoms with Crippen LogP contribution in [0.2, 0.25) is 0 Å². The van der Waals surface area contributed by atoms with Crippen molar-refractivity contribution >= 4 is 11.4 Å². The standard InChI is InChI=1S/C14H23N3O2/c1-2-19-14-10-12(15)9-13(11-14)17-5-3-16(4-6-17)7-8-18/h9-11,18H,2-8,15H2,1H3. The van der Waals surface area contributed by atoms with E-state index in [0.717, 1.165) is 49.8 Å². The minimum absolute atomic E-state index is 0.229. The van der Waals surface area contributed by atoms with Crippen LogP contribution < -0.4 is 15.4 Å². The first-order valence-electron chi connectivity index (χ1n) is 6.84. The molecule has 0 spiro atoms. The van der Waals surface area contributed by atoms with E-state index in [4.69, 9.17) is 15.6 Å². The molecule has 1 fully saturated rings. The van der Waals surface area contributed by atoms with E-state index in [-0.39, 0.29) is 6.61 Å². The minimum Gasteiger partial charge on any atom is -0.494 e. The van der Waals surface area contributed by atoms with Crippen LogP contribution in [0.4, 0.5) is 11.4 Å². The van der Waals surface area contributed by atoms with Crippen molar-refractivity contribution in [2.75, 3.05) is 56.6 Å². The quantitative estimate of drug-likeness (QED) is 0.771. The number of piperazine rings is 1. The summed E-state index contributed by atoms with van der Waals surface area (Å²) in [5.74, 6) is 0.829. The van der Waals surface area contributed by atoms with Gasteiger partial charge in [0.05, 0.1) is 13.2 Å². The lowest BCUT2D eigenvalue weighted by molar-refractivity contribution is 0.189. The smallest absolute Gasteiger partial charge is 0.123 e. The monoisotopic (exact) mass is 265 g/mol. The number of rotatable bonds is 5. The van der Waals surface area contributed by atoms with E-state index in [1.54, 1.807) is 0 Å². The van der Waals surface area contributed by atoms with E-state index in [1.165, 1.54) is 0 Å². The minimum atomic E-state index is 0.229. The van der Waals surface area contributed by atoms with Crippen molar-refractivity contribution < 1.29 is 9.84 Å². The summed E-state index contributed by atoms with van der Waals surface area (Å²) in [6.07, 6.45) is 0. The molecule has 0 unspecified atom stereocenters. The molecule has 1 aliphatic rings. The topological polar surface area (TPSA) is 62.0 Å². The predicted molar refractivity (Wildman–Crippen MR) is 77.8 cm³/mol. The van der Waals surface area contributed by atoms with Gasteiger partial charge in [-0.05, 0) is 13.0 Å². The lowest BCUT2D eigenvalue weighted by Crippen LogP contribution is -2.47. The maximum atomic E-state index is 8.94. The Bertz CT molecular complexity index is 404. The summed E-state index contributed by atoms with van der Waals surface area (Å²) < 4.78 is 5.53. The van der Waals surface area contributed by atoms with Gasteiger partial charge in [-0.1, -0.05) is 0 Å². The zero-order valence-electron chi connectivity index (χ0n) is 11.5. The Morgan fingerprint density at radius 2 is 1.95 bits per heavy atom. The number of ether oxygens (including phenoxy) is 1. The van der Waals surface area contributed by atoms with Gasteiger partial charge in [0.15, 0.2) is 0 Å². The molecule has 5 nitrogen and oxygen atoms in total. The molecular weight excluding hydrogens is 242 g/mol. The molecule has 0 aliphatic carbocycles. The predicted octanol–water partition coefficient (Wildman–Crippen LogP) is 0.782. The van der Waals surface area contributed by atoms with Gasteiger partial charge in [0, 0.05) is 56.2 Å². The van der Waals surface area contributed by atoms with Crippen molar-refractivity contribution in [2.24, 2.45) is 0 Å². The first-order valence-corrected chi connectivity index (χ1v) is 6.84. The van der Waals surface area contributed by atoms with Gasteiger partial charge in [-0.25, -0.2) is 0 Å². The molecule has 0 bridgehead atoms. The normalized spacial score (nSPS) is 16.6. The van der Waals surface area contributed by atoms with Gasteiger partial charge >= 0.3 is 0 Å². The number of aliphatic hydroxyl groups excluding tert-OH is 1. The summed E-state index contributed by atoms with van der Waals surface area (Å²) in [5.41, 5.74) is 7.77. The average Bonchev–Trinajstić information content (AvgIpc) is 2.40. The largest absolute Gasteiger partial charge is 0.494 e. The van der Waals surface area contributed by atoms with Crippen LogP contribution in [0.25, 0.3) is 0 Å². The Kier molecular flexibility index (Phi) is 4.87. The van der Waals surface area contributed by atoms with Crippen molar-refractivity contribution in [2.45, 2.75) is 6.92 Å². The average molecular weight is 265 g/mol. The molecule has 0 aromatic heterocycles. The van der Waals surface area contributed by atoms with Crippen molar-refractivity contribution in [1.82, 2.24) is 4.90 Å². The lowest BCUT2D eigenvalue weighted by atomic mass is 10.2. The summed E-state index contributed by atoms with van der Waals surface area (Å²) in [5, 5.41) is 8.94. The molecule has 106 valence electrons. The zero-order chi connectivity index (χ0) is 13.7. The molecule has 1 aliphatic heterocycles. The second-order valence-electron chi connectivity index (χ2n) is 4.75. The van der Waals surface area contributed by atoms with Gasteiger partial charge in [-0.3, -0.25) is 4.90 Å². The van der Waals surface area contributed by atoms with Crippen LogP contribution in [0.15, 0.2) is 18.2 Å². The fourth-order valence-electron chi connectivity index (χ4n) is 2.41. The Hall–Kier alpha value is -1.46. The highest BCUT2D eigenvalue weighted by atomic mass is 16.5. The molecule has 1 aromatic carbocycles. The highest BCUT2D eigenvalue weighted by Crippen LogP contribution is 2.26. The number of anilines is 2. The van der Waals surface area contributed by atoms with Gasteiger partial charge in [0.1, 0.15) is 5.75 Å². The summed E-state index contributed by atoms with van der Waals surface area (Å²) in [4.78, 5) is 4.58. The van der Waals surface area contributed by atoms with Crippen LogP contribution >= 0.6 is 0 Å². The Morgan fingerprint density at radius 3 is 2.58 bits per heavy atom. The van der Waals surface area contributed by atoms with E-state index in [1.807, 2.05) is 25.1 Å². The number of nitrogens with zero attached hydrogens (tertiary/aromatic N) is 2. The highest BCUT2D eigenvalue weighted by molar-refractivity contribution is 5.60. The van der Waals surface area contributed by atoms with E-state index in [9.17, 15) is 0 Å². The number of β-amino-alcohol motifs (C(OH)–C–C–N with tert-alkyl or cyclic N) is 1. The summed E-state index contributed by atoms with van der Waals surface area (Å²) in [7, 11) is 0. The molecule has 1 heterocycles. The molecular formula is C14H23N3O2. The fourth-order valence-corrected chi connectivity index (χ4v) is 2.41. The van der Waals surface area contributed by atoms with Crippen LogP contribution in [-0.4, -0.2) is 55.9 Å². The number of benzene rings is 1. The number of hydrogen-bond acceptors (Lipinski definition) is 5. The third kappa shape index (κ3) is 3.75. The van der Waals surface area contributed by atoms with Crippen molar-refractivity contribution in [3.8, 4) is 5.75 Å². The summed E-state index contributed by atoms with van der Waals surface area (Å²) in [6, 6.07) is 5.89. The maximum Gasteiger partial charge on any atom is 0.123 e. The second kappa shape index (κ2) is 6.63.